The Balaban J connectivity index is 1.95. The third kappa shape index (κ3) is 2.97. The zero-order valence-electron chi connectivity index (χ0n) is 10.7. The van der Waals surface area contributed by atoms with E-state index < -0.39 is 0 Å². The van der Waals surface area contributed by atoms with Gasteiger partial charge in [-0.2, -0.15) is 0 Å². The van der Waals surface area contributed by atoms with Crippen molar-refractivity contribution in [3.05, 3.63) is 20.7 Å². The smallest absolute Gasteiger partial charge is 0.307 e. The molecule has 2 heterocycles. The van der Waals surface area contributed by atoms with Crippen molar-refractivity contribution in [2.45, 2.75) is 39.5 Å². The molecule has 2 atom stereocenters. The highest BCUT2D eigenvalue weighted by molar-refractivity contribution is 7.07. The highest BCUT2D eigenvalue weighted by Crippen LogP contribution is 2.11. The van der Waals surface area contributed by atoms with Crippen LogP contribution in [0.4, 0.5) is 0 Å². The molecule has 96 valence electrons. The predicted molar refractivity (Wildman–Crippen MR) is 69.8 cm³/mol. The minimum Gasteiger partial charge on any atom is -0.376 e. The van der Waals surface area contributed by atoms with Crippen LogP contribution in [0.5, 0.6) is 0 Å². The molecule has 0 bridgehead atoms. The van der Waals surface area contributed by atoms with E-state index in [0.717, 1.165) is 31.9 Å². The molecule has 0 aromatic carbocycles. The molecule has 0 unspecified atom stereocenters. The lowest BCUT2D eigenvalue weighted by molar-refractivity contribution is -0.0502. The van der Waals surface area contributed by atoms with E-state index in [0.29, 0.717) is 12.1 Å². The zero-order valence-corrected chi connectivity index (χ0v) is 11.5. The minimum absolute atomic E-state index is 0.150. The van der Waals surface area contributed by atoms with Crippen molar-refractivity contribution in [2.24, 2.45) is 0 Å². The highest BCUT2D eigenvalue weighted by Gasteiger charge is 2.23. The van der Waals surface area contributed by atoms with E-state index in [-0.39, 0.29) is 4.87 Å². The average Bonchev–Trinajstić information content (AvgIpc) is 2.61. The second-order valence-electron chi connectivity index (χ2n) is 4.78. The molecule has 0 N–H and O–H groups in total. The second-order valence-corrected chi connectivity index (χ2v) is 5.60. The van der Waals surface area contributed by atoms with Crippen molar-refractivity contribution in [3.63, 3.8) is 0 Å². The van der Waals surface area contributed by atoms with Crippen LogP contribution in [0.25, 0.3) is 0 Å². The molecule has 1 aliphatic rings. The van der Waals surface area contributed by atoms with Gasteiger partial charge < -0.3 is 9.30 Å². The Labute approximate surface area is 106 Å². The Morgan fingerprint density at radius 1 is 1.47 bits per heavy atom. The van der Waals surface area contributed by atoms with Crippen LogP contribution in [0.15, 0.2) is 10.2 Å². The highest BCUT2D eigenvalue weighted by atomic mass is 32.1. The molecule has 0 radical (unpaired) electrons. The number of ether oxygens (including phenoxy) is 1. The monoisotopic (exact) mass is 256 g/mol. The molecule has 4 nitrogen and oxygen atoms in total. The maximum Gasteiger partial charge on any atom is 0.307 e. The molecule has 1 aromatic rings. The summed E-state index contributed by atoms with van der Waals surface area (Å²) in [4.78, 5) is 14.1. The molecular weight excluding hydrogens is 236 g/mol. The van der Waals surface area contributed by atoms with E-state index in [1.54, 1.807) is 0 Å². The van der Waals surface area contributed by atoms with Gasteiger partial charge in [-0.3, -0.25) is 9.69 Å². The number of hydrogen-bond acceptors (Lipinski definition) is 4. The lowest BCUT2D eigenvalue weighted by Gasteiger charge is -2.36. The topological polar surface area (TPSA) is 34.5 Å². The maximum absolute atomic E-state index is 11.6. The zero-order chi connectivity index (χ0) is 12.4. The van der Waals surface area contributed by atoms with Crippen LogP contribution in [0, 0.1) is 6.92 Å². The van der Waals surface area contributed by atoms with Gasteiger partial charge in [0.2, 0.25) is 0 Å². The maximum atomic E-state index is 11.6. The van der Waals surface area contributed by atoms with E-state index in [4.69, 9.17) is 4.74 Å². The van der Waals surface area contributed by atoms with E-state index in [2.05, 4.69) is 18.7 Å². The van der Waals surface area contributed by atoms with Crippen molar-refractivity contribution >= 4 is 11.3 Å². The summed E-state index contributed by atoms with van der Waals surface area (Å²) in [7, 11) is 0. The van der Waals surface area contributed by atoms with Crippen LogP contribution >= 0.6 is 11.3 Å². The minimum atomic E-state index is 0.150. The lowest BCUT2D eigenvalue weighted by atomic mass is 10.2. The van der Waals surface area contributed by atoms with E-state index in [1.165, 1.54) is 11.3 Å². The molecule has 0 spiro atoms. The second kappa shape index (κ2) is 5.33. The van der Waals surface area contributed by atoms with Crippen molar-refractivity contribution < 1.29 is 4.74 Å². The van der Waals surface area contributed by atoms with Gasteiger partial charge in [-0.05, 0) is 20.8 Å². The first-order valence-electron chi connectivity index (χ1n) is 6.08. The first-order chi connectivity index (χ1) is 8.08. The summed E-state index contributed by atoms with van der Waals surface area (Å²) in [5, 5.41) is 1.92. The molecule has 0 aliphatic carbocycles. The summed E-state index contributed by atoms with van der Waals surface area (Å²) >= 11 is 1.28. The van der Waals surface area contributed by atoms with Gasteiger partial charge in [0.1, 0.15) is 0 Å². The summed E-state index contributed by atoms with van der Waals surface area (Å²) < 4.78 is 7.46. The molecule has 2 rings (SSSR count). The van der Waals surface area contributed by atoms with E-state index >= 15 is 0 Å². The fraction of sp³-hybridized carbons (Fsp3) is 0.750. The summed E-state index contributed by atoms with van der Waals surface area (Å²) in [6.07, 6.45) is 0.298. The Morgan fingerprint density at radius 2 is 2.24 bits per heavy atom. The van der Waals surface area contributed by atoms with Crippen molar-refractivity contribution in [1.29, 1.82) is 0 Å². The average molecular weight is 256 g/mol. The first kappa shape index (κ1) is 12.8. The van der Waals surface area contributed by atoms with Crippen LogP contribution in [0.1, 0.15) is 19.5 Å². The molecule has 1 fully saturated rings. The van der Waals surface area contributed by atoms with E-state index in [9.17, 15) is 4.79 Å². The standard InChI is InChI=1S/C12H20N2O2S/c1-9-7-16-11(3)6-13(9)4-5-14-10(2)8-17-12(14)15/h8-9,11H,4-7H2,1-3H3/t9-,11+/m0/s1. The van der Waals surface area contributed by atoms with Gasteiger partial charge >= 0.3 is 4.87 Å². The fourth-order valence-corrected chi connectivity index (χ4v) is 2.95. The van der Waals surface area contributed by atoms with Gasteiger partial charge in [-0.25, -0.2) is 0 Å². The molecule has 17 heavy (non-hydrogen) atoms. The number of nitrogens with zero attached hydrogens (tertiary/aromatic N) is 2. The third-order valence-electron chi connectivity index (χ3n) is 3.32. The van der Waals surface area contributed by atoms with Crippen LogP contribution < -0.4 is 4.87 Å². The number of aryl methyl sites for hydroxylation is 1. The van der Waals surface area contributed by atoms with Crippen molar-refractivity contribution in [2.75, 3.05) is 19.7 Å². The summed E-state index contributed by atoms with van der Waals surface area (Å²) in [5.41, 5.74) is 1.06. The quantitative estimate of drug-likeness (QED) is 0.818. The van der Waals surface area contributed by atoms with Crippen LogP contribution in [-0.2, 0) is 11.3 Å². The molecule has 5 heteroatoms. The molecule has 1 aromatic heterocycles. The Bertz CT molecular complexity index is 426. The Kier molecular flexibility index (Phi) is 4.01. The number of hydrogen-bond donors (Lipinski definition) is 0. The molecule has 0 amide bonds. The summed E-state index contributed by atoms with van der Waals surface area (Å²) in [6, 6.07) is 0.445. The SMILES string of the molecule is Cc1csc(=O)n1CCN1C[C@@H](C)OC[C@@H]1C. The Hall–Kier alpha value is -0.650. The predicted octanol–water partition coefficient (Wildman–Crippen LogP) is 1.33. The van der Waals surface area contributed by atoms with Gasteiger partial charge in [0.25, 0.3) is 0 Å². The van der Waals surface area contributed by atoms with Crippen LogP contribution in [-0.4, -0.2) is 41.3 Å². The van der Waals surface area contributed by atoms with Gasteiger partial charge in [0, 0.05) is 36.8 Å². The molecular formula is C12H20N2O2S. The van der Waals surface area contributed by atoms with Gasteiger partial charge in [-0.1, -0.05) is 11.3 Å². The normalized spacial score (nSPS) is 26.3. The number of rotatable bonds is 3. The third-order valence-corrected chi connectivity index (χ3v) is 4.21. The fourth-order valence-electron chi connectivity index (χ4n) is 2.19. The summed E-state index contributed by atoms with van der Waals surface area (Å²) in [5.74, 6) is 0. The molecule has 1 saturated heterocycles. The lowest BCUT2D eigenvalue weighted by Crippen LogP contribution is -2.48. The largest absolute Gasteiger partial charge is 0.376 e. The van der Waals surface area contributed by atoms with Crippen LogP contribution in [0.2, 0.25) is 0 Å². The summed E-state index contributed by atoms with van der Waals surface area (Å²) in [6.45, 7) is 9.72. The number of aromatic nitrogens is 1. The van der Waals surface area contributed by atoms with E-state index in [1.807, 2.05) is 16.9 Å². The molecule has 1 aliphatic heterocycles. The van der Waals surface area contributed by atoms with Gasteiger partial charge in [-0.15, -0.1) is 0 Å². The number of thiazole rings is 1. The van der Waals surface area contributed by atoms with Gasteiger partial charge in [0.05, 0.1) is 12.7 Å². The van der Waals surface area contributed by atoms with Crippen LogP contribution in [0.3, 0.4) is 0 Å². The molecule has 0 saturated carbocycles. The van der Waals surface area contributed by atoms with Gasteiger partial charge in [0.15, 0.2) is 0 Å². The van der Waals surface area contributed by atoms with Crippen molar-refractivity contribution in [1.82, 2.24) is 9.47 Å². The number of morpholine rings is 1. The Morgan fingerprint density at radius 3 is 2.88 bits per heavy atom. The first-order valence-corrected chi connectivity index (χ1v) is 6.96. The van der Waals surface area contributed by atoms with Crippen molar-refractivity contribution in [3.8, 4) is 0 Å².